The number of carbonyl (C=O) groups is 1. The van der Waals surface area contributed by atoms with Gasteiger partial charge in [-0.3, -0.25) is 4.79 Å². The van der Waals surface area contributed by atoms with Crippen molar-refractivity contribution in [2.75, 3.05) is 6.54 Å². The Hall–Kier alpha value is -1.15. The molecule has 0 atom stereocenters. The Balaban J connectivity index is 1.87. The van der Waals surface area contributed by atoms with E-state index in [1.54, 1.807) is 0 Å². The number of nitrogens with one attached hydrogen (secondary N) is 1. The van der Waals surface area contributed by atoms with Gasteiger partial charge in [0.05, 0.1) is 6.54 Å². The molecule has 0 amide bonds. The second-order valence-electron chi connectivity index (χ2n) is 5.93. The van der Waals surface area contributed by atoms with Gasteiger partial charge in [-0.15, -0.1) is 0 Å². The number of carbonyl (C=O) groups excluding carboxylic acids is 1. The number of hydrogen-bond donors (Lipinski definition) is 1. The van der Waals surface area contributed by atoms with Gasteiger partial charge in [0.1, 0.15) is 0 Å². The van der Waals surface area contributed by atoms with E-state index in [1.165, 1.54) is 11.1 Å². The van der Waals surface area contributed by atoms with Crippen LogP contribution in [0.25, 0.3) is 0 Å². The van der Waals surface area contributed by atoms with Crippen LogP contribution in [0.4, 0.5) is 0 Å². The lowest BCUT2D eigenvalue weighted by molar-refractivity contribution is -0.125. The normalized spacial score (nSPS) is 15.9. The summed E-state index contributed by atoms with van der Waals surface area (Å²) in [6.07, 6.45) is 2.10. The Kier molecular flexibility index (Phi) is 3.34. The molecule has 0 aromatic heterocycles. The fourth-order valence-corrected chi connectivity index (χ4v) is 2.21. The lowest BCUT2D eigenvalue weighted by Gasteiger charge is -2.19. The van der Waals surface area contributed by atoms with E-state index in [0.29, 0.717) is 12.6 Å². The third-order valence-electron chi connectivity index (χ3n) is 3.44. The third-order valence-corrected chi connectivity index (χ3v) is 3.44. The molecule has 2 rings (SSSR count). The molecule has 92 valence electrons. The molecule has 0 bridgehead atoms. The Labute approximate surface area is 103 Å². The predicted molar refractivity (Wildman–Crippen MR) is 70.1 cm³/mol. The first-order chi connectivity index (χ1) is 7.97. The smallest absolute Gasteiger partial charge is 0.151 e. The average Bonchev–Trinajstić information content (AvgIpc) is 2.66. The highest BCUT2D eigenvalue weighted by atomic mass is 16.1. The van der Waals surface area contributed by atoms with Crippen LogP contribution in [0, 0.1) is 5.41 Å². The van der Waals surface area contributed by atoms with Crippen molar-refractivity contribution in [3.63, 3.8) is 0 Å². The van der Waals surface area contributed by atoms with Crippen molar-refractivity contribution in [3.8, 4) is 0 Å². The highest BCUT2D eigenvalue weighted by Crippen LogP contribution is 2.22. The molecule has 17 heavy (non-hydrogen) atoms. The molecule has 0 heterocycles. The Bertz CT molecular complexity index is 392. The van der Waals surface area contributed by atoms with Crippen molar-refractivity contribution in [1.29, 1.82) is 0 Å². The van der Waals surface area contributed by atoms with Crippen LogP contribution >= 0.6 is 0 Å². The second kappa shape index (κ2) is 4.61. The van der Waals surface area contributed by atoms with Gasteiger partial charge in [0.25, 0.3) is 0 Å². The molecular formula is C15H21NO. The highest BCUT2D eigenvalue weighted by Gasteiger charge is 2.24. The maximum absolute atomic E-state index is 11.8. The Morgan fingerprint density at radius 3 is 2.24 bits per heavy atom. The lowest BCUT2D eigenvalue weighted by atomic mass is 9.91. The van der Waals surface area contributed by atoms with Gasteiger partial charge in [-0.1, -0.05) is 45.0 Å². The third kappa shape index (κ3) is 2.95. The minimum atomic E-state index is -0.238. The predicted octanol–water partition coefficient (Wildman–Crippen LogP) is 2.36. The van der Waals surface area contributed by atoms with Gasteiger partial charge in [0, 0.05) is 11.5 Å². The molecule has 2 nitrogen and oxygen atoms in total. The largest absolute Gasteiger partial charge is 0.307 e. The van der Waals surface area contributed by atoms with Crippen LogP contribution in [-0.2, 0) is 17.6 Å². The van der Waals surface area contributed by atoms with Gasteiger partial charge in [0.15, 0.2) is 5.78 Å². The molecular weight excluding hydrogens is 210 g/mol. The molecule has 0 saturated carbocycles. The Morgan fingerprint density at radius 2 is 1.76 bits per heavy atom. The molecule has 0 unspecified atom stereocenters. The van der Waals surface area contributed by atoms with E-state index < -0.39 is 0 Å². The van der Waals surface area contributed by atoms with Crippen LogP contribution in [0.2, 0.25) is 0 Å². The van der Waals surface area contributed by atoms with Crippen molar-refractivity contribution in [2.24, 2.45) is 5.41 Å². The summed E-state index contributed by atoms with van der Waals surface area (Å²) in [6, 6.07) is 8.97. The van der Waals surface area contributed by atoms with Crippen molar-refractivity contribution >= 4 is 5.78 Å². The lowest BCUT2D eigenvalue weighted by Crippen LogP contribution is -2.38. The summed E-state index contributed by atoms with van der Waals surface area (Å²) in [6.45, 7) is 6.41. The van der Waals surface area contributed by atoms with E-state index in [9.17, 15) is 4.79 Å². The van der Waals surface area contributed by atoms with Gasteiger partial charge in [0.2, 0.25) is 0 Å². The molecule has 1 aliphatic carbocycles. The molecule has 1 aromatic rings. The van der Waals surface area contributed by atoms with Crippen LogP contribution < -0.4 is 5.32 Å². The van der Waals surface area contributed by atoms with Gasteiger partial charge in [-0.25, -0.2) is 0 Å². The molecule has 1 aliphatic rings. The zero-order valence-corrected chi connectivity index (χ0v) is 10.9. The molecule has 1 N–H and O–H groups in total. The number of hydrogen-bond acceptors (Lipinski definition) is 2. The van der Waals surface area contributed by atoms with Crippen molar-refractivity contribution in [1.82, 2.24) is 5.32 Å². The number of ketones is 1. The van der Waals surface area contributed by atoms with Gasteiger partial charge in [-0.05, 0) is 24.0 Å². The van der Waals surface area contributed by atoms with Crippen molar-refractivity contribution < 1.29 is 4.79 Å². The van der Waals surface area contributed by atoms with E-state index in [2.05, 4.69) is 29.6 Å². The second-order valence-corrected chi connectivity index (χ2v) is 5.93. The van der Waals surface area contributed by atoms with Crippen molar-refractivity contribution in [3.05, 3.63) is 35.4 Å². The van der Waals surface area contributed by atoms with E-state index >= 15 is 0 Å². The van der Waals surface area contributed by atoms with Crippen LogP contribution in [0.5, 0.6) is 0 Å². The highest BCUT2D eigenvalue weighted by molar-refractivity contribution is 5.85. The fourth-order valence-electron chi connectivity index (χ4n) is 2.21. The maximum Gasteiger partial charge on any atom is 0.151 e. The van der Waals surface area contributed by atoms with Crippen LogP contribution in [-0.4, -0.2) is 18.4 Å². The maximum atomic E-state index is 11.8. The number of Topliss-reactive ketones (excluding diaryl/α,β-unsaturated/α-hetero) is 1. The first-order valence-electron chi connectivity index (χ1n) is 6.30. The fraction of sp³-hybridized carbons (Fsp3) is 0.533. The zero-order valence-electron chi connectivity index (χ0n) is 10.9. The first-order valence-corrected chi connectivity index (χ1v) is 6.30. The quantitative estimate of drug-likeness (QED) is 0.865. The SMILES string of the molecule is CC(C)(C)C(=O)CNC1Cc2ccccc2C1. The summed E-state index contributed by atoms with van der Waals surface area (Å²) < 4.78 is 0. The zero-order chi connectivity index (χ0) is 12.5. The molecule has 1 aromatic carbocycles. The number of fused-ring (bicyclic) bond motifs is 1. The summed E-state index contributed by atoms with van der Waals surface area (Å²) in [4.78, 5) is 11.8. The summed E-state index contributed by atoms with van der Waals surface area (Å²) >= 11 is 0. The minimum Gasteiger partial charge on any atom is -0.307 e. The van der Waals surface area contributed by atoms with Crippen LogP contribution in [0.1, 0.15) is 31.9 Å². The average molecular weight is 231 g/mol. The molecule has 0 aliphatic heterocycles. The molecule has 0 saturated heterocycles. The number of rotatable bonds is 3. The topological polar surface area (TPSA) is 29.1 Å². The molecule has 0 spiro atoms. The molecule has 2 heteroatoms. The summed E-state index contributed by atoms with van der Waals surface area (Å²) in [5.41, 5.74) is 2.61. The monoisotopic (exact) mass is 231 g/mol. The first kappa shape index (κ1) is 12.3. The van der Waals surface area contributed by atoms with E-state index in [-0.39, 0.29) is 11.2 Å². The summed E-state index contributed by atoms with van der Waals surface area (Å²) in [5.74, 6) is 0.286. The van der Waals surface area contributed by atoms with E-state index in [0.717, 1.165) is 12.8 Å². The summed E-state index contributed by atoms with van der Waals surface area (Å²) in [5, 5.41) is 3.39. The summed E-state index contributed by atoms with van der Waals surface area (Å²) in [7, 11) is 0. The van der Waals surface area contributed by atoms with Gasteiger partial charge < -0.3 is 5.32 Å². The minimum absolute atomic E-state index is 0.238. The van der Waals surface area contributed by atoms with Crippen molar-refractivity contribution in [2.45, 2.75) is 39.7 Å². The van der Waals surface area contributed by atoms with E-state index in [4.69, 9.17) is 0 Å². The van der Waals surface area contributed by atoms with Crippen LogP contribution in [0.3, 0.4) is 0 Å². The van der Waals surface area contributed by atoms with E-state index in [1.807, 2.05) is 20.8 Å². The molecule has 0 fully saturated rings. The Morgan fingerprint density at radius 1 is 1.24 bits per heavy atom. The number of benzene rings is 1. The standard InChI is InChI=1S/C15H21NO/c1-15(2,3)14(17)10-16-13-8-11-6-4-5-7-12(11)9-13/h4-7,13,16H,8-10H2,1-3H3. The van der Waals surface area contributed by atoms with Gasteiger partial charge in [-0.2, -0.15) is 0 Å². The van der Waals surface area contributed by atoms with Gasteiger partial charge >= 0.3 is 0 Å². The molecule has 0 radical (unpaired) electrons. The van der Waals surface area contributed by atoms with Crippen LogP contribution in [0.15, 0.2) is 24.3 Å².